The summed E-state index contributed by atoms with van der Waals surface area (Å²) in [6, 6.07) is 8.79. The minimum absolute atomic E-state index is 0.0117. The molecule has 0 bridgehead atoms. The molecule has 0 spiro atoms. The normalized spacial score (nSPS) is 17.0. The number of fused-ring (bicyclic) bond motifs is 2. The van der Waals surface area contributed by atoms with Crippen LogP contribution in [0, 0.1) is 5.82 Å². The molecule has 3 N–H and O–H groups in total. The number of nitrogens with two attached hydrogens (primary N) is 1. The molecule has 1 unspecified atom stereocenters. The number of nitrogens with one attached hydrogen (secondary N) is 1. The maximum atomic E-state index is 14.0. The Hall–Kier alpha value is -2.41. The predicted octanol–water partition coefficient (Wildman–Crippen LogP) is 3.40. The lowest BCUT2D eigenvalue weighted by atomic mass is 10.0. The van der Waals surface area contributed by atoms with E-state index >= 15 is 0 Å². The van der Waals surface area contributed by atoms with E-state index in [0.717, 1.165) is 28.0 Å². The molecule has 0 radical (unpaired) electrons. The van der Waals surface area contributed by atoms with Crippen molar-refractivity contribution in [3.8, 4) is 0 Å². The lowest BCUT2D eigenvalue weighted by Crippen LogP contribution is -2.17. The van der Waals surface area contributed by atoms with Crippen molar-refractivity contribution in [2.75, 3.05) is 16.8 Å². The molecule has 0 aliphatic carbocycles. The molecule has 1 aliphatic rings. The van der Waals surface area contributed by atoms with E-state index in [4.69, 9.17) is 5.73 Å². The first kappa shape index (κ1) is 14.2. The Kier molecular flexibility index (Phi) is 3.49. The molecule has 1 aliphatic heterocycles. The lowest BCUT2D eigenvalue weighted by Gasteiger charge is -2.26. The summed E-state index contributed by atoms with van der Waals surface area (Å²) in [4.78, 5) is 13.4. The van der Waals surface area contributed by atoms with Gasteiger partial charge in [0.15, 0.2) is 5.65 Å². The van der Waals surface area contributed by atoms with E-state index in [2.05, 4.69) is 20.3 Å². The van der Waals surface area contributed by atoms with E-state index < -0.39 is 0 Å². The average molecular weight is 327 g/mol. The van der Waals surface area contributed by atoms with Gasteiger partial charge in [-0.15, -0.1) is 11.8 Å². The largest absolute Gasteiger partial charge is 0.384 e. The van der Waals surface area contributed by atoms with Gasteiger partial charge in [-0.3, -0.25) is 0 Å². The molecule has 7 heteroatoms. The Balaban J connectivity index is 1.74. The molecule has 1 atom stereocenters. The van der Waals surface area contributed by atoms with Crippen LogP contribution in [0.2, 0.25) is 0 Å². The van der Waals surface area contributed by atoms with Gasteiger partial charge >= 0.3 is 0 Å². The van der Waals surface area contributed by atoms with Gasteiger partial charge in [-0.2, -0.15) is 0 Å². The molecular formula is C16H14FN5S. The fourth-order valence-corrected chi connectivity index (χ4v) is 3.91. The first-order valence-electron chi connectivity index (χ1n) is 7.27. The van der Waals surface area contributed by atoms with E-state index in [1.54, 1.807) is 23.9 Å². The molecule has 0 saturated heterocycles. The van der Waals surface area contributed by atoms with Gasteiger partial charge in [0.1, 0.15) is 23.8 Å². The third-order valence-corrected chi connectivity index (χ3v) is 5.01. The molecule has 3 aromatic rings. The summed E-state index contributed by atoms with van der Waals surface area (Å²) in [6.07, 6.45) is 2.36. The van der Waals surface area contributed by atoms with Crippen molar-refractivity contribution in [2.24, 2.45) is 0 Å². The topological polar surface area (TPSA) is 76.7 Å². The maximum Gasteiger partial charge on any atom is 0.166 e. The minimum atomic E-state index is -0.166. The van der Waals surface area contributed by atoms with Crippen molar-refractivity contribution < 1.29 is 4.39 Å². The number of aromatic nitrogens is 3. The monoisotopic (exact) mass is 327 g/mol. The smallest absolute Gasteiger partial charge is 0.166 e. The summed E-state index contributed by atoms with van der Waals surface area (Å²) < 4.78 is 14.0. The van der Waals surface area contributed by atoms with Crippen LogP contribution in [0.5, 0.6) is 0 Å². The number of rotatable bonds is 2. The summed E-state index contributed by atoms with van der Waals surface area (Å²) in [5.41, 5.74) is 7.22. The van der Waals surface area contributed by atoms with Crippen molar-refractivity contribution in [1.29, 1.82) is 0 Å². The Morgan fingerprint density at radius 3 is 3.04 bits per heavy atom. The van der Waals surface area contributed by atoms with Crippen LogP contribution < -0.4 is 11.1 Å². The van der Waals surface area contributed by atoms with Gasteiger partial charge in [-0.25, -0.2) is 19.3 Å². The number of thioether (sulfide) groups is 1. The molecule has 0 fully saturated rings. The molecule has 4 rings (SSSR count). The number of nitrogen functional groups attached to an aromatic ring is 1. The molecule has 23 heavy (non-hydrogen) atoms. The molecule has 5 nitrogen and oxygen atoms in total. The third kappa shape index (κ3) is 2.57. The van der Waals surface area contributed by atoms with Crippen LogP contribution >= 0.6 is 11.8 Å². The van der Waals surface area contributed by atoms with Crippen LogP contribution in [0.25, 0.3) is 11.0 Å². The zero-order valence-corrected chi connectivity index (χ0v) is 13.0. The Bertz CT molecular complexity index is 885. The SMILES string of the molecule is Nc1ccc2c(NC3CCSc4c(F)cccc43)ncnc2n1. The van der Waals surface area contributed by atoms with Crippen molar-refractivity contribution in [3.05, 3.63) is 48.0 Å². The Morgan fingerprint density at radius 1 is 1.22 bits per heavy atom. The van der Waals surface area contributed by atoms with Crippen molar-refractivity contribution >= 4 is 34.4 Å². The van der Waals surface area contributed by atoms with Gasteiger partial charge in [0.05, 0.1) is 11.4 Å². The van der Waals surface area contributed by atoms with Crippen LogP contribution in [-0.2, 0) is 0 Å². The van der Waals surface area contributed by atoms with Crippen molar-refractivity contribution in [1.82, 2.24) is 15.0 Å². The van der Waals surface area contributed by atoms with Crippen LogP contribution in [0.1, 0.15) is 18.0 Å². The van der Waals surface area contributed by atoms with Gasteiger partial charge in [-0.05, 0) is 30.2 Å². The minimum Gasteiger partial charge on any atom is -0.384 e. The molecule has 1 aromatic carbocycles. The number of halogens is 1. The number of pyridine rings is 1. The first-order chi connectivity index (χ1) is 11.2. The van der Waals surface area contributed by atoms with Crippen molar-refractivity contribution in [2.45, 2.75) is 17.4 Å². The fourth-order valence-electron chi connectivity index (χ4n) is 2.77. The Labute approximate surface area is 136 Å². The number of nitrogens with zero attached hydrogens (tertiary/aromatic N) is 3. The van der Waals surface area contributed by atoms with Gasteiger partial charge < -0.3 is 11.1 Å². The van der Waals surface area contributed by atoms with E-state index in [-0.39, 0.29) is 11.9 Å². The average Bonchev–Trinajstić information content (AvgIpc) is 2.56. The van der Waals surface area contributed by atoms with E-state index in [1.807, 2.05) is 12.1 Å². The highest BCUT2D eigenvalue weighted by Gasteiger charge is 2.23. The first-order valence-corrected chi connectivity index (χ1v) is 8.26. The predicted molar refractivity (Wildman–Crippen MR) is 89.9 cm³/mol. The van der Waals surface area contributed by atoms with E-state index in [0.29, 0.717) is 17.3 Å². The molecular weight excluding hydrogens is 313 g/mol. The summed E-state index contributed by atoms with van der Waals surface area (Å²) in [6.45, 7) is 0. The number of anilines is 2. The second-order valence-electron chi connectivity index (χ2n) is 5.32. The van der Waals surface area contributed by atoms with Crippen LogP contribution in [-0.4, -0.2) is 20.7 Å². The van der Waals surface area contributed by atoms with Crippen LogP contribution in [0.3, 0.4) is 0 Å². The van der Waals surface area contributed by atoms with Crippen LogP contribution in [0.15, 0.2) is 41.6 Å². The van der Waals surface area contributed by atoms with Gasteiger partial charge in [0, 0.05) is 10.6 Å². The second kappa shape index (κ2) is 5.66. The molecule has 116 valence electrons. The maximum absolute atomic E-state index is 14.0. The quantitative estimate of drug-likeness (QED) is 0.751. The zero-order chi connectivity index (χ0) is 15.8. The van der Waals surface area contributed by atoms with E-state index in [1.165, 1.54) is 12.4 Å². The Morgan fingerprint density at radius 2 is 2.13 bits per heavy atom. The summed E-state index contributed by atoms with van der Waals surface area (Å²) >= 11 is 1.56. The highest BCUT2D eigenvalue weighted by molar-refractivity contribution is 7.99. The van der Waals surface area contributed by atoms with Crippen molar-refractivity contribution in [3.63, 3.8) is 0 Å². The number of benzene rings is 1. The second-order valence-corrected chi connectivity index (χ2v) is 6.43. The highest BCUT2D eigenvalue weighted by Crippen LogP contribution is 2.39. The molecule has 3 heterocycles. The van der Waals surface area contributed by atoms with Gasteiger partial charge in [-0.1, -0.05) is 12.1 Å². The highest BCUT2D eigenvalue weighted by atomic mass is 32.2. The van der Waals surface area contributed by atoms with Crippen LogP contribution in [0.4, 0.5) is 16.0 Å². The van der Waals surface area contributed by atoms with Gasteiger partial charge in [0.25, 0.3) is 0 Å². The standard InChI is InChI=1S/C16H14FN5S/c17-11-3-1-2-9-12(6-7-23-14(9)11)21-15-10-4-5-13(18)22-16(10)20-8-19-15/h1-5,8,12H,6-7H2,(H3,18,19,20,21,22). The van der Waals surface area contributed by atoms with E-state index in [9.17, 15) is 4.39 Å². The molecule has 0 saturated carbocycles. The summed E-state index contributed by atoms with van der Waals surface area (Å²) in [5.74, 6) is 1.80. The fraction of sp³-hybridized carbons (Fsp3) is 0.188. The summed E-state index contributed by atoms with van der Waals surface area (Å²) in [5, 5.41) is 4.22. The lowest BCUT2D eigenvalue weighted by molar-refractivity contribution is 0.585. The van der Waals surface area contributed by atoms with Gasteiger partial charge in [0.2, 0.25) is 0 Å². The molecule has 2 aromatic heterocycles. The number of hydrogen-bond acceptors (Lipinski definition) is 6. The zero-order valence-electron chi connectivity index (χ0n) is 12.2. The summed E-state index contributed by atoms with van der Waals surface area (Å²) in [7, 11) is 0. The number of hydrogen-bond donors (Lipinski definition) is 2. The molecule has 0 amide bonds. The third-order valence-electron chi connectivity index (χ3n) is 3.86.